The average Bonchev–Trinajstić information content (AvgIpc) is 2.48. The molecule has 0 aromatic carbocycles. The van der Waals surface area contributed by atoms with Gasteiger partial charge in [-0.3, -0.25) is 0 Å². The molecule has 1 amide bonds. The maximum absolute atomic E-state index is 11.4. The Bertz CT molecular complexity index is 256. The molecule has 0 aromatic rings. The van der Waals surface area contributed by atoms with Crippen LogP contribution in [0.3, 0.4) is 0 Å². The molecule has 0 heterocycles. The van der Waals surface area contributed by atoms with Crippen LogP contribution in [-0.4, -0.2) is 24.3 Å². The van der Waals surface area contributed by atoms with Crippen molar-refractivity contribution in [1.29, 1.82) is 0 Å². The van der Waals surface area contributed by atoms with E-state index in [-0.39, 0.29) is 12.1 Å². The zero-order valence-corrected chi connectivity index (χ0v) is 9.62. The number of nitrogens with two attached hydrogens (primary N) is 1. The van der Waals surface area contributed by atoms with Crippen molar-refractivity contribution < 1.29 is 9.53 Å². The summed E-state index contributed by atoms with van der Waals surface area (Å²) in [6.45, 7) is 6.17. The highest BCUT2D eigenvalue weighted by molar-refractivity contribution is 5.68. The molecular formula is C11H20N2O2. The van der Waals surface area contributed by atoms with Gasteiger partial charge in [0.25, 0.3) is 0 Å². The van der Waals surface area contributed by atoms with Crippen LogP contribution >= 0.6 is 0 Å². The average molecular weight is 212 g/mol. The number of carbonyl (C=O) groups is 1. The van der Waals surface area contributed by atoms with Crippen LogP contribution in [0.1, 0.15) is 27.2 Å². The zero-order valence-electron chi connectivity index (χ0n) is 9.62. The summed E-state index contributed by atoms with van der Waals surface area (Å²) in [4.78, 5) is 11.4. The minimum atomic E-state index is -0.445. The molecule has 0 fully saturated rings. The van der Waals surface area contributed by atoms with E-state index >= 15 is 0 Å². The van der Waals surface area contributed by atoms with Crippen molar-refractivity contribution >= 4 is 6.09 Å². The maximum Gasteiger partial charge on any atom is 0.408 e. The van der Waals surface area contributed by atoms with Crippen LogP contribution in [-0.2, 0) is 4.74 Å². The molecule has 0 radical (unpaired) electrons. The first-order valence-corrected chi connectivity index (χ1v) is 5.28. The predicted molar refractivity (Wildman–Crippen MR) is 59.5 cm³/mol. The lowest BCUT2D eigenvalue weighted by Crippen LogP contribution is -2.38. The molecule has 0 aliphatic heterocycles. The summed E-state index contributed by atoms with van der Waals surface area (Å²) in [5.41, 5.74) is 5.09. The summed E-state index contributed by atoms with van der Waals surface area (Å²) in [5.74, 6) is 0.380. The SMILES string of the molecule is CC(C)(C)OC(=O)N[C@@H]1C=C[C@H](CN)C1. The standard InChI is InChI=1S/C11H20N2O2/c1-11(2,3)15-10(14)13-9-5-4-8(6-9)7-12/h4-5,8-9H,6-7,12H2,1-3H3,(H,13,14)/t8-,9+/m0/s1. The van der Waals surface area contributed by atoms with Crippen LogP contribution < -0.4 is 11.1 Å². The summed E-state index contributed by atoms with van der Waals surface area (Å²) in [6, 6.07) is 0.0633. The topological polar surface area (TPSA) is 64.3 Å². The number of hydrogen-bond donors (Lipinski definition) is 2. The quantitative estimate of drug-likeness (QED) is 0.680. The van der Waals surface area contributed by atoms with Crippen molar-refractivity contribution in [3.8, 4) is 0 Å². The number of alkyl carbamates (subject to hydrolysis) is 1. The van der Waals surface area contributed by atoms with Crippen LogP contribution in [0.15, 0.2) is 12.2 Å². The van der Waals surface area contributed by atoms with Gasteiger partial charge in [0.15, 0.2) is 0 Å². The summed E-state index contributed by atoms with van der Waals surface area (Å²) in [7, 11) is 0. The highest BCUT2D eigenvalue weighted by Gasteiger charge is 2.22. The van der Waals surface area contributed by atoms with Gasteiger partial charge in [0.2, 0.25) is 0 Å². The van der Waals surface area contributed by atoms with E-state index in [2.05, 4.69) is 5.32 Å². The third kappa shape index (κ3) is 4.34. The maximum atomic E-state index is 11.4. The van der Waals surface area contributed by atoms with E-state index < -0.39 is 5.60 Å². The van der Waals surface area contributed by atoms with Gasteiger partial charge in [-0.2, -0.15) is 0 Å². The van der Waals surface area contributed by atoms with Gasteiger partial charge in [-0.05, 0) is 39.7 Å². The van der Waals surface area contributed by atoms with Gasteiger partial charge in [-0.25, -0.2) is 4.79 Å². The highest BCUT2D eigenvalue weighted by Crippen LogP contribution is 2.17. The first-order valence-electron chi connectivity index (χ1n) is 5.28. The number of amides is 1. The Morgan fingerprint density at radius 2 is 2.20 bits per heavy atom. The lowest BCUT2D eigenvalue weighted by molar-refractivity contribution is 0.0513. The van der Waals surface area contributed by atoms with Gasteiger partial charge in [0.05, 0.1) is 6.04 Å². The zero-order chi connectivity index (χ0) is 11.5. The second-order valence-corrected chi connectivity index (χ2v) is 4.87. The fraction of sp³-hybridized carbons (Fsp3) is 0.727. The van der Waals surface area contributed by atoms with Crippen molar-refractivity contribution in [2.75, 3.05) is 6.54 Å². The third-order valence-electron chi connectivity index (χ3n) is 2.18. The molecule has 0 aromatic heterocycles. The fourth-order valence-corrected chi connectivity index (χ4v) is 1.52. The molecule has 4 heteroatoms. The third-order valence-corrected chi connectivity index (χ3v) is 2.18. The molecule has 3 N–H and O–H groups in total. The van der Waals surface area contributed by atoms with Crippen molar-refractivity contribution in [3.63, 3.8) is 0 Å². The molecule has 0 unspecified atom stereocenters. The molecule has 0 bridgehead atoms. The minimum absolute atomic E-state index is 0.0633. The molecule has 0 saturated carbocycles. The van der Waals surface area contributed by atoms with Crippen LogP contribution in [0.25, 0.3) is 0 Å². The van der Waals surface area contributed by atoms with E-state index in [1.165, 1.54) is 0 Å². The van der Waals surface area contributed by atoms with Crippen molar-refractivity contribution in [2.45, 2.75) is 38.8 Å². The van der Waals surface area contributed by atoms with Crippen LogP contribution in [0, 0.1) is 5.92 Å². The van der Waals surface area contributed by atoms with Crippen molar-refractivity contribution in [1.82, 2.24) is 5.32 Å². The number of hydrogen-bond acceptors (Lipinski definition) is 3. The number of carbonyl (C=O) groups excluding carboxylic acids is 1. The Morgan fingerprint density at radius 3 is 2.67 bits per heavy atom. The smallest absolute Gasteiger partial charge is 0.408 e. The Labute approximate surface area is 90.9 Å². The summed E-state index contributed by atoms with van der Waals surface area (Å²) < 4.78 is 5.15. The molecule has 1 rings (SSSR count). The number of nitrogens with one attached hydrogen (secondary N) is 1. The van der Waals surface area contributed by atoms with E-state index in [4.69, 9.17) is 10.5 Å². The van der Waals surface area contributed by atoms with Gasteiger partial charge in [0.1, 0.15) is 5.60 Å². The Kier molecular flexibility index (Phi) is 3.74. The molecule has 1 aliphatic rings. The Balaban J connectivity index is 2.32. The van der Waals surface area contributed by atoms with E-state index in [0.717, 1.165) is 6.42 Å². The predicted octanol–water partition coefficient (Wildman–Crippen LogP) is 1.41. The van der Waals surface area contributed by atoms with E-state index in [0.29, 0.717) is 12.5 Å². The highest BCUT2D eigenvalue weighted by atomic mass is 16.6. The lowest BCUT2D eigenvalue weighted by Gasteiger charge is -2.21. The molecule has 0 saturated heterocycles. The molecule has 15 heavy (non-hydrogen) atoms. The fourth-order valence-electron chi connectivity index (χ4n) is 1.52. The minimum Gasteiger partial charge on any atom is -0.444 e. The van der Waals surface area contributed by atoms with Crippen molar-refractivity contribution in [2.24, 2.45) is 11.7 Å². The molecule has 4 nitrogen and oxygen atoms in total. The molecule has 86 valence electrons. The molecule has 0 spiro atoms. The molecule has 1 aliphatic carbocycles. The second kappa shape index (κ2) is 4.66. The van der Waals surface area contributed by atoms with E-state index in [1.54, 1.807) is 0 Å². The summed E-state index contributed by atoms with van der Waals surface area (Å²) in [5, 5.41) is 2.80. The van der Waals surface area contributed by atoms with Gasteiger partial charge in [0, 0.05) is 0 Å². The van der Waals surface area contributed by atoms with E-state index in [1.807, 2.05) is 32.9 Å². The van der Waals surface area contributed by atoms with Gasteiger partial charge in [-0.15, -0.1) is 0 Å². The number of rotatable bonds is 2. The van der Waals surface area contributed by atoms with Crippen LogP contribution in [0.5, 0.6) is 0 Å². The van der Waals surface area contributed by atoms with Gasteiger partial charge in [-0.1, -0.05) is 12.2 Å². The largest absolute Gasteiger partial charge is 0.444 e. The van der Waals surface area contributed by atoms with Crippen LogP contribution in [0.2, 0.25) is 0 Å². The Hall–Kier alpha value is -1.03. The second-order valence-electron chi connectivity index (χ2n) is 4.87. The normalized spacial score (nSPS) is 25.3. The lowest BCUT2D eigenvalue weighted by atomic mass is 10.1. The number of ether oxygens (including phenoxy) is 1. The summed E-state index contributed by atoms with van der Waals surface area (Å²) >= 11 is 0. The van der Waals surface area contributed by atoms with Crippen molar-refractivity contribution in [3.05, 3.63) is 12.2 Å². The Morgan fingerprint density at radius 1 is 1.53 bits per heavy atom. The van der Waals surface area contributed by atoms with Gasteiger partial charge < -0.3 is 15.8 Å². The monoisotopic (exact) mass is 212 g/mol. The van der Waals surface area contributed by atoms with E-state index in [9.17, 15) is 4.79 Å². The van der Waals surface area contributed by atoms with Gasteiger partial charge >= 0.3 is 6.09 Å². The summed E-state index contributed by atoms with van der Waals surface area (Å²) in [6.07, 6.45) is 4.52. The molecular weight excluding hydrogens is 192 g/mol. The molecule has 2 atom stereocenters. The van der Waals surface area contributed by atoms with Crippen LogP contribution in [0.4, 0.5) is 4.79 Å². The first-order chi connectivity index (χ1) is 6.90. The first kappa shape index (κ1) is 12.0.